The summed E-state index contributed by atoms with van der Waals surface area (Å²) >= 11 is 0. The highest BCUT2D eigenvalue weighted by atomic mass is 19.1. The van der Waals surface area contributed by atoms with Crippen LogP contribution in [0.25, 0.3) is 0 Å². The maximum atomic E-state index is 13.5. The Kier molecular flexibility index (Phi) is 2.60. The third-order valence-corrected chi connectivity index (χ3v) is 2.03. The number of carbonyl (C=O) groups is 1. The van der Waals surface area contributed by atoms with Crippen LogP contribution in [-0.2, 0) is 5.41 Å². The molecule has 0 saturated carbocycles. The van der Waals surface area contributed by atoms with Crippen LogP contribution >= 0.6 is 0 Å². The van der Waals surface area contributed by atoms with Gasteiger partial charge in [0.15, 0.2) is 0 Å². The average molecular weight is 195 g/mol. The molecule has 1 aromatic rings. The maximum Gasteiger partial charge on any atom is 0.249 e. The van der Waals surface area contributed by atoms with E-state index in [1.165, 1.54) is 12.1 Å². The van der Waals surface area contributed by atoms with Crippen molar-refractivity contribution in [2.45, 2.75) is 26.2 Å². The summed E-state index contributed by atoms with van der Waals surface area (Å²) in [6, 6.07) is 4.38. The highest BCUT2D eigenvalue weighted by Crippen LogP contribution is 2.28. The standard InChI is InChI=1S/C11H14FNO/c1-11(2,3)9-7(10(13)14)5-4-6-8(9)12/h4-6H,1-3H3,(H2,13,14). The molecule has 76 valence electrons. The molecule has 2 N–H and O–H groups in total. The van der Waals surface area contributed by atoms with Crippen LogP contribution in [0.4, 0.5) is 4.39 Å². The van der Waals surface area contributed by atoms with Crippen molar-refractivity contribution in [2.24, 2.45) is 5.73 Å². The Balaban J connectivity index is 3.45. The Morgan fingerprint density at radius 3 is 2.29 bits per heavy atom. The Hall–Kier alpha value is -1.38. The van der Waals surface area contributed by atoms with Gasteiger partial charge in [0.25, 0.3) is 0 Å². The number of hydrogen-bond acceptors (Lipinski definition) is 1. The first kappa shape index (κ1) is 10.7. The first-order valence-electron chi connectivity index (χ1n) is 4.43. The summed E-state index contributed by atoms with van der Waals surface area (Å²) in [4.78, 5) is 11.1. The molecule has 0 radical (unpaired) electrons. The van der Waals surface area contributed by atoms with Crippen LogP contribution in [0.15, 0.2) is 18.2 Å². The van der Waals surface area contributed by atoms with Gasteiger partial charge in [-0.1, -0.05) is 26.8 Å². The molecule has 0 heterocycles. The molecule has 1 rings (SSSR count). The molecule has 0 spiro atoms. The molecule has 0 fully saturated rings. The van der Waals surface area contributed by atoms with Gasteiger partial charge in [-0.15, -0.1) is 0 Å². The predicted octanol–water partition coefficient (Wildman–Crippen LogP) is 2.22. The number of hydrogen-bond donors (Lipinski definition) is 1. The molecule has 0 unspecified atom stereocenters. The van der Waals surface area contributed by atoms with Gasteiger partial charge in [-0.05, 0) is 17.5 Å². The summed E-state index contributed by atoms with van der Waals surface area (Å²) in [6.07, 6.45) is 0. The van der Waals surface area contributed by atoms with Gasteiger partial charge < -0.3 is 5.73 Å². The topological polar surface area (TPSA) is 43.1 Å². The first-order valence-corrected chi connectivity index (χ1v) is 4.43. The molecular weight excluding hydrogens is 181 g/mol. The summed E-state index contributed by atoms with van der Waals surface area (Å²) in [6.45, 7) is 5.54. The SMILES string of the molecule is CC(C)(C)c1c(F)cccc1C(N)=O. The minimum atomic E-state index is -0.588. The first-order chi connectivity index (χ1) is 6.34. The quantitative estimate of drug-likeness (QED) is 0.733. The van der Waals surface area contributed by atoms with E-state index in [4.69, 9.17) is 5.73 Å². The van der Waals surface area contributed by atoms with Crippen molar-refractivity contribution in [2.75, 3.05) is 0 Å². The van der Waals surface area contributed by atoms with Crippen molar-refractivity contribution in [3.05, 3.63) is 35.1 Å². The zero-order valence-electron chi connectivity index (χ0n) is 8.60. The molecule has 0 bridgehead atoms. The lowest BCUT2D eigenvalue weighted by atomic mass is 9.83. The van der Waals surface area contributed by atoms with Gasteiger partial charge >= 0.3 is 0 Å². The van der Waals surface area contributed by atoms with Gasteiger partial charge in [-0.2, -0.15) is 0 Å². The Morgan fingerprint density at radius 2 is 1.93 bits per heavy atom. The number of amides is 1. The van der Waals surface area contributed by atoms with E-state index in [1.54, 1.807) is 6.07 Å². The highest BCUT2D eigenvalue weighted by molar-refractivity contribution is 5.94. The average Bonchev–Trinajstić information content (AvgIpc) is 2.01. The molecular formula is C11H14FNO. The predicted molar refractivity (Wildman–Crippen MR) is 53.6 cm³/mol. The van der Waals surface area contributed by atoms with Crippen LogP contribution in [0, 0.1) is 5.82 Å². The fraction of sp³-hybridized carbons (Fsp3) is 0.364. The van der Waals surface area contributed by atoms with Crippen LogP contribution in [0.5, 0.6) is 0 Å². The lowest BCUT2D eigenvalue weighted by molar-refractivity contribution is 0.0997. The fourth-order valence-electron chi connectivity index (χ4n) is 1.49. The molecule has 0 aliphatic rings. The third kappa shape index (κ3) is 1.92. The molecule has 2 nitrogen and oxygen atoms in total. The lowest BCUT2D eigenvalue weighted by Gasteiger charge is -2.22. The smallest absolute Gasteiger partial charge is 0.249 e. The molecule has 14 heavy (non-hydrogen) atoms. The summed E-state index contributed by atoms with van der Waals surface area (Å²) < 4.78 is 13.5. The van der Waals surface area contributed by atoms with E-state index in [-0.39, 0.29) is 11.4 Å². The van der Waals surface area contributed by atoms with Crippen LogP contribution in [0.2, 0.25) is 0 Å². The number of rotatable bonds is 1. The van der Waals surface area contributed by atoms with E-state index in [2.05, 4.69) is 0 Å². The van der Waals surface area contributed by atoms with Crippen molar-refractivity contribution in [1.82, 2.24) is 0 Å². The van der Waals surface area contributed by atoms with E-state index in [0.29, 0.717) is 5.56 Å². The zero-order chi connectivity index (χ0) is 10.9. The van der Waals surface area contributed by atoms with Gasteiger partial charge in [0, 0.05) is 11.1 Å². The van der Waals surface area contributed by atoms with E-state index in [9.17, 15) is 9.18 Å². The largest absolute Gasteiger partial charge is 0.366 e. The Bertz CT molecular complexity index is 366. The van der Waals surface area contributed by atoms with Crippen LogP contribution in [0.1, 0.15) is 36.7 Å². The van der Waals surface area contributed by atoms with Crippen LogP contribution in [-0.4, -0.2) is 5.91 Å². The summed E-state index contributed by atoms with van der Waals surface area (Å²) in [5.74, 6) is -0.969. The second-order valence-corrected chi connectivity index (χ2v) is 4.28. The maximum absolute atomic E-state index is 13.5. The zero-order valence-corrected chi connectivity index (χ0v) is 8.60. The van der Waals surface area contributed by atoms with Crippen LogP contribution in [0.3, 0.4) is 0 Å². The summed E-state index contributed by atoms with van der Waals surface area (Å²) in [5.41, 5.74) is 5.40. The van der Waals surface area contributed by atoms with E-state index >= 15 is 0 Å². The van der Waals surface area contributed by atoms with Crippen molar-refractivity contribution < 1.29 is 9.18 Å². The van der Waals surface area contributed by atoms with Gasteiger partial charge in [0.1, 0.15) is 5.82 Å². The Labute approximate surface area is 82.9 Å². The molecule has 1 amide bonds. The van der Waals surface area contributed by atoms with Gasteiger partial charge in [-0.25, -0.2) is 4.39 Å². The fourth-order valence-corrected chi connectivity index (χ4v) is 1.49. The number of primary amides is 1. The van der Waals surface area contributed by atoms with Gasteiger partial charge in [0.2, 0.25) is 5.91 Å². The minimum absolute atomic E-state index is 0.262. The van der Waals surface area contributed by atoms with Crippen molar-refractivity contribution in [3.8, 4) is 0 Å². The second-order valence-electron chi connectivity index (χ2n) is 4.28. The molecule has 3 heteroatoms. The molecule has 0 aromatic heterocycles. The van der Waals surface area contributed by atoms with E-state index in [0.717, 1.165) is 0 Å². The molecule has 1 aromatic carbocycles. The van der Waals surface area contributed by atoms with Gasteiger partial charge in [0.05, 0.1) is 0 Å². The van der Waals surface area contributed by atoms with Crippen LogP contribution < -0.4 is 5.73 Å². The Morgan fingerprint density at radius 1 is 1.36 bits per heavy atom. The monoisotopic (exact) mass is 195 g/mol. The highest BCUT2D eigenvalue weighted by Gasteiger charge is 2.23. The summed E-state index contributed by atoms with van der Waals surface area (Å²) in [5, 5.41) is 0. The summed E-state index contributed by atoms with van der Waals surface area (Å²) in [7, 11) is 0. The molecule has 0 aliphatic heterocycles. The number of halogens is 1. The second kappa shape index (κ2) is 3.40. The molecule has 0 atom stereocenters. The third-order valence-electron chi connectivity index (χ3n) is 2.03. The van der Waals surface area contributed by atoms with Crippen molar-refractivity contribution >= 4 is 5.91 Å². The lowest BCUT2D eigenvalue weighted by Crippen LogP contribution is -2.22. The number of carbonyl (C=O) groups excluding carboxylic acids is 1. The van der Waals surface area contributed by atoms with Crippen molar-refractivity contribution in [1.29, 1.82) is 0 Å². The van der Waals surface area contributed by atoms with E-state index < -0.39 is 11.3 Å². The van der Waals surface area contributed by atoms with E-state index in [1.807, 2.05) is 20.8 Å². The normalized spacial score (nSPS) is 11.4. The van der Waals surface area contributed by atoms with Gasteiger partial charge in [-0.3, -0.25) is 4.79 Å². The molecule has 0 saturated heterocycles. The molecule has 0 aliphatic carbocycles. The number of benzene rings is 1. The minimum Gasteiger partial charge on any atom is -0.366 e. The number of nitrogens with two attached hydrogens (primary N) is 1. The van der Waals surface area contributed by atoms with Crippen molar-refractivity contribution in [3.63, 3.8) is 0 Å².